The Balaban J connectivity index is 0.000000755. The van der Waals surface area contributed by atoms with Crippen molar-refractivity contribution in [1.82, 2.24) is 20.1 Å². The van der Waals surface area contributed by atoms with Gasteiger partial charge in [0.25, 0.3) is 12.4 Å². The predicted octanol–water partition coefficient (Wildman–Crippen LogP) is 1.06. The molecule has 4 heterocycles. The molecule has 0 bridgehead atoms. The fourth-order valence-corrected chi connectivity index (χ4v) is 4.96. The molecule has 2 atom stereocenters. The minimum atomic E-state index is -0.314. The van der Waals surface area contributed by atoms with Gasteiger partial charge in [0.2, 0.25) is 5.13 Å². The van der Waals surface area contributed by atoms with Crippen LogP contribution in [0.2, 0.25) is 0 Å². The van der Waals surface area contributed by atoms with E-state index in [1.54, 1.807) is 23.2 Å². The molecular weight excluding hydrogens is 398 g/mol. The van der Waals surface area contributed by atoms with E-state index in [0.717, 1.165) is 29.5 Å². The number of amides is 1. The monoisotopic (exact) mass is 423 g/mol. The third-order valence-corrected chi connectivity index (χ3v) is 6.43. The number of carbonyl (C=O) groups excluding carboxylic acids is 1. The molecule has 158 valence electrons. The highest BCUT2D eigenvalue weighted by atomic mass is 32.1. The van der Waals surface area contributed by atoms with Crippen molar-refractivity contribution >= 4 is 28.8 Å². The molecule has 2 saturated heterocycles. The second kappa shape index (κ2) is 8.87. The summed E-state index contributed by atoms with van der Waals surface area (Å²) in [6.07, 6.45) is 3.40. The maximum Gasteiger partial charge on any atom is 0.290 e. The number of aromatic nitrogens is 3. The second-order valence-electron chi connectivity index (χ2n) is 7.37. The molecule has 2 aromatic heterocycles. The first kappa shape index (κ1) is 21.2. The van der Waals surface area contributed by atoms with E-state index in [0.29, 0.717) is 31.2 Å². The number of aliphatic hydroxyl groups excluding tert-OH is 1. The zero-order valence-electron chi connectivity index (χ0n) is 16.4. The fraction of sp³-hybridized carbons (Fsp3) is 0.611. The third kappa shape index (κ3) is 4.25. The van der Waals surface area contributed by atoms with Crippen LogP contribution in [0.3, 0.4) is 0 Å². The molecular formula is C18H25N5O5S. The Kier molecular flexibility index (Phi) is 6.48. The number of hydrogen-bond donors (Lipinski definition) is 2. The van der Waals surface area contributed by atoms with E-state index >= 15 is 0 Å². The lowest BCUT2D eigenvalue weighted by molar-refractivity contribution is -0.122. The normalized spacial score (nSPS) is 22.9. The molecule has 2 N–H and O–H groups in total. The number of aliphatic hydroxyl groups is 1. The molecule has 0 aromatic carbocycles. The lowest BCUT2D eigenvalue weighted by atomic mass is 9.82. The maximum absolute atomic E-state index is 12.7. The van der Waals surface area contributed by atoms with Crippen LogP contribution >= 0.6 is 11.3 Å². The number of likely N-dealkylation sites (tertiary alicyclic amines) is 1. The van der Waals surface area contributed by atoms with E-state index in [-0.39, 0.29) is 30.3 Å². The van der Waals surface area contributed by atoms with Gasteiger partial charge in [0.15, 0.2) is 11.6 Å². The fourth-order valence-electron chi connectivity index (χ4n) is 4.02. The van der Waals surface area contributed by atoms with Crippen molar-refractivity contribution in [2.24, 2.45) is 11.3 Å². The summed E-state index contributed by atoms with van der Waals surface area (Å²) < 4.78 is 5.16. The van der Waals surface area contributed by atoms with Crippen molar-refractivity contribution < 1.29 is 24.2 Å². The van der Waals surface area contributed by atoms with Crippen LogP contribution in [0.4, 0.5) is 5.13 Å². The summed E-state index contributed by atoms with van der Waals surface area (Å²) in [5, 5.41) is 27.6. The Morgan fingerprint density at radius 1 is 1.41 bits per heavy atom. The van der Waals surface area contributed by atoms with E-state index in [1.807, 2.05) is 0 Å². The summed E-state index contributed by atoms with van der Waals surface area (Å²) >= 11 is 1.63. The molecule has 1 amide bonds. The molecule has 0 saturated carbocycles. The summed E-state index contributed by atoms with van der Waals surface area (Å²) in [6, 6.07) is 0. The third-order valence-electron chi connectivity index (χ3n) is 5.39. The highest BCUT2D eigenvalue weighted by molar-refractivity contribution is 7.15. The van der Waals surface area contributed by atoms with Crippen LogP contribution in [-0.2, 0) is 11.2 Å². The Labute approximate surface area is 172 Å². The first-order chi connectivity index (χ1) is 14.0. The van der Waals surface area contributed by atoms with Gasteiger partial charge >= 0.3 is 0 Å². The number of carboxylic acid groups (broad SMARTS) is 1. The number of nitrogens with zero attached hydrogens (tertiary/aromatic N) is 5. The van der Waals surface area contributed by atoms with Gasteiger partial charge < -0.3 is 24.4 Å². The number of rotatable bonds is 5. The van der Waals surface area contributed by atoms with Gasteiger partial charge in [-0.25, -0.2) is 4.98 Å². The smallest absolute Gasteiger partial charge is 0.290 e. The van der Waals surface area contributed by atoms with E-state index in [2.05, 4.69) is 27.0 Å². The molecule has 0 radical (unpaired) electrons. The molecule has 2 aliphatic rings. The number of carbonyl (C=O) groups is 2. The quantitative estimate of drug-likeness (QED) is 0.677. The Morgan fingerprint density at radius 2 is 2.17 bits per heavy atom. The first-order valence-electron chi connectivity index (χ1n) is 9.43. The van der Waals surface area contributed by atoms with Crippen molar-refractivity contribution in [2.45, 2.75) is 26.7 Å². The number of aryl methyl sites for hydroxylation is 2. The van der Waals surface area contributed by atoms with Gasteiger partial charge in [-0.15, -0.1) is 10.2 Å². The molecule has 0 spiro atoms. The van der Waals surface area contributed by atoms with Crippen LogP contribution in [-0.4, -0.2) is 75.5 Å². The van der Waals surface area contributed by atoms with Gasteiger partial charge in [0.1, 0.15) is 11.3 Å². The number of fused-ring (bicyclic) bond motifs is 1. The maximum atomic E-state index is 12.7. The van der Waals surface area contributed by atoms with Gasteiger partial charge in [-0.05, 0) is 6.42 Å². The molecule has 2 aliphatic heterocycles. The second-order valence-corrected chi connectivity index (χ2v) is 8.41. The minimum absolute atomic E-state index is 0.0520. The number of hydrogen-bond acceptors (Lipinski definition) is 9. The molecule has 0 aliphatic carbocycles. The van der Waals surface area contributed by atoms with Crippen molar-refractivity contribution in [1.29, 1.82) is 0 Å². The van der Waals surface area contributed by atoms with Crippen molar-refractivity contribution in [3.8, 4) is 0 Å². The average molecular weight is 423 g/mol. The van der Waals surface area contributed by atoms with Gasteiger partial charge in [-0.2, -0.15) is 0 Å². The lowest BCUT2D eigenvalue weighted by Crippen LogP contribution is -2.39. The minimum Gasteiger partial charge on any atom is -0.483 e. The Hall–Kier alpha value is -2.53. The zero-order chi connectivity index (χ0) is 21.0. The largest absolute Gasteiger partial charge is 0.483 e. The van der Waals surface area contributed by atoms with Crippen LogP contribution in [0.15, 0.2) is 10.7 Å². The topological polar surface area (TPSA) is 133 Å². The average Bonchev–Trinajstić information content (AvgIpc) is 3.44. The van der Waals surface area contributed by atoms with Gasteiger partial charge in [-0.3, -0.25) is 9.59 Å². The zero-order valence-corrected chi connectivity index (χ0v) is 17.3. The Bertz CT molecular complexity index is 855. The highest BCUT2D eigenvalue weighted by Gasteiger charge is 2.54. The van der Waals surface area contributed by atoms with Crippen LogP contribution in [0.25, 0.3) is 0 Å². The van der Waals surface area contributed by atoms with E-state index in [1.165, 1.54) is 6.26 Å². The Morgan fingerprint density at radius 3 is 2.76 bits per heavy atom. The van der Waals surface area contributed by atoms with Gasteiger partial charge in [0.05, 0.1) is 6.61 Å². The highest BCUT2D eigenvalue weighted by Crippen LogP contribution is 2.44. The molecule has 29 heavy (non-hydrogen) atoms. The summed E-state index contributed by atoms with van der Waals surface area (Å²) in [5.41, 5.74) is 0.0196. The first-order valence-corrected chi connectivity index (χ1v) is 10.3. The number of anilines is 1. The summed E-state index contributed by atoms with van der Waals surface area (Å²) in [5.74, 6) is 0.565. The van der Waals surface area contributed by atoms with E-state index in [9.17, 15) is 9.90 Å². The molecule has 2 fully saturated rings. The van der Waals surface area contributed by atoms with Crippen molar-refractivity contribution in [2.75, 3.05) is 37.7 Å². The van der Waals surface area contributed by atoms with Crippen LogP contribution in [0.5, 0.6) is 0 Å². The van der Waals surface area contributed by atoms with Gasteiger partial charge in [0, 0.05) is 50.9 Å². The summed E-state index contributed by atoms with van der Waals surface area (Å²) in [4.78, 5) is 29.2. The van der Waals surface area contributed by atoms with E-state index < -0.39 is 0 Å². The van der Waals surface area contributed by atoms with E-state index in [4.69, 9.17) is 14.3 Å². The van der Waals surface area contributed by atoms with Crippen molar-refractivity contribution in [3.05, 3.63) is 22.9 Å². The molecule has 4 rings (SSSR count). The predicted molar refractivity (Wildman–Crippen MR) is 105 cm³/mol. The molecule has 11 heteroatoms. The van der Waals surface area contributed by atoms with Crippen LogP contribution in [0.1, 0.15) is 34.7 Å². The number of oxazole rings is 1. The van der Waals surface area contributed by atoms with Crippen LogP contribution in [0, 0.1) is 18.3 Å². The standard InChI is InChI=1S/C17H23N5O3S.CH2O2/c1-3-4-14-19-20-16(26-14)22-6-12-5-21(8-17(12,9-22)10-23)15(24)13-7-25-11(2)18-13;2-1-3/h7,12,23H,3-6,8-10H2,1-2H3;1H,(H,2,3)/t12-,17+;/m1./s1. The molecule has 2 aromatic rings. The van der Waals surface area contributed by atoms with Gasteiger partial charge in [-0.1, -0.05) is 18.3 Å². The summed E-state index contributed by atoms with van der Waals surface area (Å²) in [6.45, 7) is 6.26. The SMILES string of the molecule is CCCc1nnc(N2C[C@H]3CN(C(=O)c4coc(C)n4)C[C@@]3(CO)C2)s1.O=CO. The van der Waals surface area contributed by atoms with Crippen LogP contribution < -0.4 is 4.90 Å². The molecule has 0 unspecified atom stereocenters. The lowest BCUT2D eigenvalue weighted by Gasteiger charge is -2.26. The van der Waals surface area contributed by atoms with Crippen molar-refractivity contribution in [3.63, 3.8) is 0 Å². The molecule has 10 nitrogen and oxygen atoms in total. The summed E-state index contributed by atoms with van der Waals surface area (Å²) in [7, 11) is 0.